The van der Waals surface area contributed by atoms with E-state index in [2.05, 4.69) is 4.98 Å². The van der Waals surface area contributed by atoms with Crippen LogP contribution in [-0.2, 0) is 0 Å². The second kappa shape index (κ2) is 2.64. The lowest BCUT2D eigenvalue weighted by molar-refractivity contribution is 0.108. The van der Waals surface area contributed by atoms with Crippen LogP contribution < -0.4 is 0 Å². The maximum absolute atomic E-state index is 10.3. The van der Waals surface area contributed by atoms with E-state index in [0.29, 0.717) is 4.34 Å². The highest BCUT2D eigenvalue weighted by Crippen LogP contribution is 2.19. The normalized spacial score (nSPS) is 9.56. The average Bonchev–Trinajstić information content (AvgIpc) is 2.14. The number of nitrogens with zero attached hydrogens (tertiary/aromatic N) is 1. The first-order chi connectivity index (χ1) is 4.20. The Kier molecular flexibility index (Phi) is 2.05. The molecule has 0 unspecified atom stereocenters. The van der Waals surface area contributed by atoms with Crippen LogP contribution in [0.5, 0.6) is 0 Å². The summed E-state index contributed by atoms with van der Waals surface area (Å²) in [5, 5.41) is -0.325. The molecule has 0 saturated heterocycles. The Morgan fingerprint density at radius 2 is 2.44 bits per heavy atom. The van der Waals surface area contributed by atoms with Crippen LogP contribution in [0, 0.1) is 0 Å². The van der Waals surface area contributed by atoms with Crippen LogP contribution in [0.4, 0.5) is 0 Å². The molecule has 1 aromatic heterocycles. The quantitative estimate of drug-likeness (QED) is 0.623. The fourth-order valence-electron chi connectivity index (χ4n) is 0.345. The fourth-order valence-corrected chi connectivity index (χ4v) is 1.25. The van der Waals surface area contributed by atoms with Gasteiger partial charge < -0.3 is 0 Å². The van der Waals surface area contributed by atoms with Crippen LogP contribution >= 0.6 is 34.5 Å². The molecule has 0 fully saturated rings. The molecule has 1 aromatic rings. The van der Waals surface area contributed by atoms with Gasteiger partial charge in [-0.3, -0.25) is 4.79 Å². The van der Waals surface area contributed by atoms with Gasteiger partial charge in [-0.2, -0.15) is 0 Å². The molecule has 0 aliphatic heterocycles. The zero-order chi connectivity index (χ0) is 6.85. The highest BCUT2D eigenvalue weighted by Gasteiger charge is 2.05. The minimum absolute atomic E-state index is 0.238. The molecule has 0 aliphatic rings. The van der Waals surface area contributed by atoms with Crippen LogP contribution in [-0.4, -0.2) is 10.2 Å². The van der Waals surface area contributed by atoms with Gasteiger partial charge in [-0.15, -0.1) is 0 Å². The number of carbonyl (C=O) groups is 1. The molecule has 0 bridgehead atoms. The Morgan fingerprint density at radius 3 is 2.67 bits per heavy atom. The van der Waals surface area contributed by atoms with Gasteiger partial charge in [0.25, 0.3) is 5.24 Å². The maximum atomic E-state index is 10.3. The van der Waals surface area contributed by atoms with Crippen LogP contribution in [0.3, 0.4) is 0 Å². The van der Waals surface area contributed by atoms with Crippen molar-refractivity contribution in [3.63, 3.8) is 0 Å². The zero-order valence-corrected chi connectivity index (χ0v) is 6.43. The van der Waals surface area contributed by atoms with E-state index >= 15 is 0 Å². The molecule has 1 rings (SSSR count). The standard InChI is InChI=1S/C4HCl2NOS/c5-2-1-7-4(9-2)3(6)8/h1H. The van der Waals surface area contributed by atoms with Crippen molar-refractivity contribution in [2.75, 3.05) is 0 Å². The molecule has 9 heavy (non-hydrogen) atoms. The highest BCUT2D eigenvalue weighted by molar-refractivity contribution is 7.18. The van der Waals surface area contributed by atoms with Crippen LogP contribution in [0.15, 0.2) is 6.20 Å². The van der Waals surface area contributed by atoms with Gasteiger partial charge in [-0.05, 0) is 11.6 Å². The predicted octanol–water partition coefficient (Wildman–Crippen LogP) is 2.18. The lowest BCUT2D eigenvalue weighted by Gasteiger charge is -1.75. The molecule has 0 aromatic carbocycles. The van der Waals surface area contributed by atoms with Crippen molar-refractivity contribution in [3.05, 3.63) is 15.5 Å². The Labute approximate surface area is 65.4 Å². The lowest BCUT2D eigenvalue weighted by atomic mass is 10.8. The van der Waals surface area contributed by atoms with E-state index in [9.17, 15) is 4.79 Å². The molecule has 0 spiro atoms. The Balaban J connectivity index is 2.98. The summed E-state index contributed by atoms with van der Waals surface area (Å²) in [4.78, 5) is 13.9. The molecule has 5 heteroatoms. The SMILES string of the molecule is O=C(Cl)c1ncc(Cl)s1. The summed E-state index contributed by atoms with van der Waals surface area (Å²) in [6.07, 6.45) is 1.39. The third-order valence-electron chi connectivity index (χ3n) is 0.646. The van der Waals surface area contributed by atoms with E-state index < -0.39 is 5.24 Å². The predicted molar refractivity (Wildman–Crippen MR) is 37.3 cm³/mol. The number of rotatable bonds is 1. The van der Waals surface area contributed by atoms with E-state index in [4.69, 9.17) is 23.2 Å². The van der Waals surface area contributed by atoms with Gasteiger partial charge >= 0.3 is 0 Å². The van der Waals surface area contributed by atoms with Gasteiger partial charge in [-0.25, -0.2) is 4.98 Å². The van der Waals surface area contributed by atoms with Gasteiger partial charge in [-0.1, -0.05) is 22.9 Å². The molecule has 0 N–H and O–H groups in total. The molecular weight excluding hydrogens is 181 g/mol. The van der Waals surface area contributed by atoms with E-state index in [1.165, 1.54) is 6.20 Å². The van der Waals surface area contributed by atoms with E-state index in [1.54, 1.807) is 0 Å². The first kappa shape index (κ1) is 6.99. The third-order valence-corrected chi connectivity index (χ3v) is 2.05. The average molecular weight is 182 g/mol. The summed E-state index contributed by atoms with van der Waals surface area (Å²) in [5.41, 5.74) is 0. The zero-order valence-electron chi connectivity index (χ0n) is 4.10. The van der Waals surface area contributed by atoms with Gasteiger partial charge in [0.15, 0.2) is 5.01 Å². The molecule has 0 amide bonds. The number of hydrogen-bond acceptors (Lipinski definition) is 3. The molecule has 0 radical (unpaired) electrons. The Bertz CT molecular complexity index is 234. The fraction of sp³-hybridized carbons (Fsp3) is 0. The maximum Gasteiger partial charge on any atom is 0.281 e. The molecule has 1 heterocycles. The van der Waals surface area contributed by atoms with Crippen molar-refractivity contribution in [2.45, 2.75) is 0 Å². The minimum atomic E-state index is -0.563. The van der Waals surface area contributed by atoms with Crippen LogP contribution in [0.25, 0.3) is 0 Å². The monoisotopic (exact) mass is 181 g/mol. The molecule has 0 atom stereocenters. The summed E-state index contributed by atoms with van der Waals surface area (Å²) < 4.78 is 0.471. The molecule has 2 nitrogen and oxygen atoms in total. The summed E-state index contributed by atoms with van der Waals surface area (Å²) in [5.74, 6) is 0. The number of hydrogen-bond donors (Lipinski definition) is 0. The van der Waals surface area contributed by atoms with Crippen LogP contribution in [0.1, 0.15) is 9.80 Å². The van der Waals surface area contributed by atoms with Gasteiger partial charge in [0, 0.05) is 0 Å². The van der Waals surface area contributed by atoms with Gasteiger partial charge in [0.1, 0.15) is 4.34 Å². The van der Waals surface area contributed by atoms with Crippen molar-refractivity contribution in [1.29, 1.82) is 0 Å². The van der Waals surface area contributed by atoms with Crippen molar-refractivity contribution in [2.24, 2.45) is 0 Å². The smallest absolute Gasteiger partial charge is 0.273 e. The summed E-state index contributed by atoms with van der Waals surface area (Å²) in [7, 11) is 0. The Hall–Kier alpha value is -0.120. The molecule has 48 valence electrons. The van der Waals surface area contributed by atoms with Crippen molar-refractivity contribution in [3.8, 4) is 0 Å². The first-order valence-corrected chi connectivity index (χ1v) is 3.58. The van der Waals surface area contributed by atoms with Crippen molar-refractivity contribution < 1.29 is 4.79 Å². The minimum Gasteiger partial charge on any atom is -0.273 e. The van der Waals surface area contributed by atoms with Gasteiger partial charge in [0.2, 0.25) is 0 Å². The first-order valence-electron chi connectivity index (χ1n) is 2.01. The molecular formula is C4HCl2NOS. The van der Waals surface area contributed by atoms with E-state index in [-0.39, 0.29) is 5.01 Å². The van der Waals surface area contributed by atoms with E-state index in [1.807, 2.05) is 0 Å². The Morgan fingerprint density at radius 1 is 1.78 bits per heavy atom. The summed E-state index contributed by atoms with van der Waals surface area (Å²) in [6, 6.07) is 0. The molecule has 0 aliphatic carbocycles. The van der Waals surface area contributed by atoms with Gasteiger partial charge in [0.05, 0.1) is 6.20 Å². The third kappa shape index (κ3) is 1.64. The van der Waals surface area contributed by atoms with Crippen LogP contribution in [0.2, 0.25) is 4.34 Å². The lowest BCUT2D eigenvalue weighted by Crippen LogP contribution is -1.83. The van der Waals surface area contributed by atoms with E-state index in [0.717, 1.165) is 11.3 Å². The summed E-state index contributed by atoms with van der Waals surface area (Å²) in [6.45, 7) is 0. The number of halogens is 2. The molecule has 0 saturated carbocycles. The number of carbonyl (C=O) groups excluding carboxylic acids is 1. The topological polar surface area (TPSA) is 30.0 Å². The van der Waals surface area contributed by atoms with Crippen molar-refractivity contribution >= 4 is 39.8 Å². The second-order valence-electron chi connectivity index (χ2n) is 1.24. The van der Waals surface area contributed by atoms with Crippen molar-refractivity contribution in [1.82, 2.24) is 4.98 Å². The summed E-state index contributed by atoms with van der Waals surface area (Å²) >= 11 is 11.6. The second-order valence-corrected chi connectivity index (χ2v) is 3.25. The number of aromatic nitrogens is 1. The largest absolute Gasteiger partial charge is 0.281 e. The highest BCUT2D eigenvalue weighted by atomic mass is 35.5. The number of thiazole rings is 1.